The highest BCUT2D eigenvalue weighted by Crippen LogP contribution is 2.25. The summed E-state index contributed by atoms with van der Waals surface area (Å²) in [5.74, 6) is 1.49. The van der Waals surface area contributed by atoms with Gasteiger partial charge in [-0.2, -0.15) is 0 Å². The number of aryl methyl sites for hydroxylation is 1. The van der Waals surface area contributed by atoms with Crippen molar-refractivity contribution in [2.45, 2.75) is 26.4 Å². The van der Waals surface area contributed by atoms with Crippen LogP contribution in [0.2, 0.25) is 0 Å². The first kappa shape index (κ1) is 20.3. The topological polar surface area (TPSA) is 67.3 Å². The lowest BCUT2D eigenvalue weighted by molar-refractivity contribution is 0.0950. The minimum absolute atomic E-state index is 0.160. The van der Waals surface area contributed by atoms with Crippen molar-refractivity contribution >= 4 is 27.7 Å². The first-order valence-corrected chi connectivity index (χ1v) is 10.6. The van der Waals surface area contributed by atoms with Gasteiger partial charge in [0, 0.05) is 54.2 Å². The number of pyridine rings is 2. The Morgan fingerprint density at radius 1 is 1.27 bits per heavy atom. The van der Waals surface area contributed by atoms with E-state index in [-0.39, 0.29) is 5.91 Å². The second-order valence-corrected chi connectivity index (χ2v) is 8.20. The third-order valence-corrected chi connectivity index (χ3v) is 5.75. The van der Waals surface area contributed by atoms with Crippen LogP contribution in [0.3, 0.4) is 0 Å². The van der Waals surface area contributed by atoms with Crippen LogP contribution < -0.4 is 15.0 Å². The number of methoxy groups -OCH3 is 1. The molecular weight excluding hydrogens is 444 g/mol. The van der Waals surface area contributed by atoms with Gasteiger partial charge in [-0.25, -0.2) is 4.98 Å². The molecule has 6 nitrogen and oxygen atoms in total. The molecule has 0 radical (unpaired) electrons. The molecule has 2 aromatic heterocycles. The third-order valence-electron chi connectivity index (χ3n) is 5.26. The molecular formula is C23H23BrN4O2. The minimum atomic E-state index is -0.160. The smallest absolute Gasteiger partial charge is 0.253 e. The van der Waals surface area contributed by atoms with Crippen molar-refractivity contribution in [1.29, 1.82) is 0 Å². The van der Waals surface area contributed by atoms with E-state index in [1.165, 1.54) is 5.56 Å². The quantitative estimate of drug-likeness (QED) is 0.614. The number of nitrogens with one attached hydrogen (secondary N) is 1. The molecule has 0 saturated carbocycles. The average molecular weight is 467 g/mol. The lowest BCUT2D eigenvalue weighted by Crippen LogP contribution is -2.32. The van der Waals surface area contributed by atoms with Crippen molar-refractivity contribution in [2.24, 2.45) is 0 Å². The second kappa shape index (κ2) is 8.83. The second-order valence-electron chi connectivity index (χ2n) is 7.28. The van der Waals surface area contributed by atoms with Crippen LogP contribution in [0, 0.1) is 6.92 Å². The summed E-state index contributed by atoms with van der Waals surface area (Å²) < 4.78 is 6.31. The van der Waals surface area contributed by atoms with Crippen LogP contribution in [0.5, 0.6) is 5.75 Å². The number of carbonyl (C=O) groups excluding carboxylic acids is 1. The number of anilines is 1. The number of aromatic nitrogens is 2. The number of nitrogens with zero attached hydrogens (tertiary/aromatic N) is 3. The monoisotopic (exact) mass is 466 g/mol. The van der Waals surface area contributed by atoms with Gasteiger partial charge in [0.15, 0.2) is 0 Å². The van der Waals surface area contributed by atoms with E-state index in [0.717, 1.165) is 52.4 Å². The number of ether oxygens (including phenoxy) is 1. The molecule has 0 spiro atoms. The summed E-state index contributed by atoms with van der Waals surface area (Å²) in [6.45, 7) is 4.02. The zero-order valence-electron chi connectivity index (χ0n) is 17.0. The average Bonchev–Trinajstić information content (AvgIpc) is 2.77. The first-order chi connectivity index (χ1) is 14.5. The molecule has 1 aromatic carbocycles. The van der Waals surface area contributed by atoms with Crippen molar-refractivity contribution in [3.05, 3.63) is 81.2 Å². The maximum absolute atomic E-state index is 12.7. The van der Waals surface area contributed by atoms with Gasteiger partial charge in [-0.1, -0.05) is 22.0 Å². The van der Waals surface area contributed by atoms with E-state index in [1.54, 1.807) is 13.3 Å². The summed E-state index contributed by atoms with van der Waals surface area (Å²) in [6.07, 6.45) is 4.39. The van der Waals surface area contributed by atoms with Crippen molar-refractivity contribution in [2.75, 3.05) is 18.6 Å². The Hall–Kier alpha value is -2.93. The van der Waals surface area contributed by atoms with Crippen LogP contribution >= 0.6 is 15.9 Å². The van der Waals surface area contributed by atoms with Gasteiger partial charge in [0.05, 0.1) is 12.7 Å². The number of hydrogen-bond donors (Lipinski definition) is 1. The Morgan fingerprint density at radius 2 is 2.13 bits per heavy atom. The Bertz CT molecular complexity index is 1090. The summed E-state index contributed by atoms with van der Waals surface area (Å²) in [7, 11) is 1.62. The molecule has 0 bridgehead atoms. The highest BCUT2D eigenvalue weighted by atomic mass is 79.9. The van der Waals surface area contributed by atoms with E-state index in [9.17, 15) is 4.79 Å². The molecule has 1 aliphatic heterocycles. The standard InChI is InChI=1S/C23H23BrN4O2/c1-15-10-18(23(29)27-12-17-11-19(24)5-6-21(17)30-2)13-26-22(15)28-9-7-20-16(14-28)4-3-8-25-20/h3-6,8,10-11,13H,7,9,12,14H2,1-2H3,(H,27,29). The Morgan fingerprint density at radius 3 is 2.93 bits per heavy atom. The predicted molar refractivity (Wildman–Crippen MR) is 120 cm³/mol. The molecule has 0 saturated heterocycles. The number of carbonyl (C=O) groups is 1. The highest BCUT2D eigenvalue weighted by molar-refractivity contribution is 9.10. The fourth-order valence-electron chi connectivity index (χ4n) is 3.73. The lowest BCUT2D eigenvalue weighted by Gasteiger charge is -2.30. The van der Waals surface area contributed by atoms with Gasteiger partial charge in [-0.3, -0.25) is 9.78 Å². The number of rotatable bonds is 5. The van der Waals surface area contributed by atoms with Crippen LogP contribution in [0.1, 0.15) is 32.7 Å². The lowest BCUT2D eigenvalue weighted by atomic mass is 10.0. The van der Waals surface area contributed by atoms with Crippen molar-refractivity contribution < 1.29 is 9.53 Å². The molecule has 30 heavy (non-hydrogen) atoms. The molecule has 7 heteroatoms. The largest absolute Gasteiger partial charge is 0.496 e. The van der Waals surface area contributed by atoms with Crippen LogP contribution in [-0.2, 0) is 19.5 Å². The third kappa shape index (κ3) is 4.31. The van der Waals surface area contributed by atoms with Gasteiger partial charge in [0.1, 0.15) is 11.6 Å². The van der Waals surface area contributed by atoms with Gasteiger partial charge in [-0.15, -0.1) is 0 Å². The summed E-state index contributed by atoms with van der Waals surface area (Å²) in [6, 6.07) is 11.7. The molecule has 1 amide bonds. The first-order valence-electron chi connectivity index (χ1n) is 9.80. The van der Waals surface area contributed by atoms with Crippen LogP contribution in [-0.4, -0.2) is 29.5 Å². The van der Waals surface area contributed by atoms with Crippen molar-refractivity contribution in [1.82, 2.24) is 15.3 Å². The van der Waals surface area contributed by atoms with E-state index < -0.39 is 0 Å². The zero-order chi connectivity index (χ0) is 21.1. The van der Waals surface area contributed by atoms with Crippen LogP contribution in [0.15, 0.2) is 53.3 Å². The molecule has 1 aliphatic rings. The molecule has 3 aromatic rings. The molecule has 4 rings (SSSR count). The van der Waals surface area contributed by atoms with Gasteiger partial charge in [0.2, 0.25) is 0 Å². The number of benzene rings is 1. The fourth-order valence-corrected chi connectivity index (χ4v) is 4.14. The summed E-state index contributed by atoms with van der Waals surface area (Å²) in [4.78, 5) is 24.0. The number of amides is 1. The van der Waals surface area contributed by atoms with Crippen LogP contribution in [0.4, 0.5) is 5.82 Å². The molecule has 0 unspecified atom stereocenters. The van der Waals surface area contributed by atoms with E-state index in [2.05, 4.69) is 42.2 Å². The Balaban J connectivity index is 1.46. The van der Waals surface area contributed by atoms with E-state index in [0.29, 0.717) is 12.1 Å². The summed E-state index contributed by atoms with van der Waals surface area (Å²) >= 11 is 3.46. The summed E-state index contributed by atoms with van der Waals surface area (Å²) in [5, 5.41) is 2.95. The van der Waals surface area contributed by atoms with Gasteiger partial charge in [-0.05, 0) is 48.4 Å². The Kier molecular flexibility index (Phi) is 5.99. The predicted octanol–water partition coefficient (Wildman–Crippen LogP) is 4.05. The minimum Gasteiger partial charge on any atom is -0.496 e. The molecule has 1 N–H and O–H groups in total. The Labute approximate surface area is 184 Å². The van der Waals surface area contributed by atoms with Gasteiger partial charge < -0.3 is 15.0 Å². The molecule has 0 fully saturated rings. The fraction of sp³-hybridized carbons (Fsp3) is 0.261. The number of hydrogen-bond acceptors (Lipinski definition) is 5. The van der Waals surface area contributed by atoms with Gasteiger partial charge in [0.25, 0.3) is 5.91 Å². The van der Waals surface area contributed by atoms with Crippen molar-refractivity contribution in [3.8, 4) is 5.75 Å². The number of fused-ring (bicyclic) bond motifs is 1. The molecule has 0 atom stereocenters. The maximum Gasteiger partial charge on any atom is 0.253 e. The molecule has 3 heterocycles. The van der Waals surface area contributed by atoms with Crippen molar-refractivity contribution in [3.63, 3.8) is 0 Å². The SMILES string of the molecule is COc1ccc(Br)cc1CNC(=O)c1cnc(N2CCc3ncccc3C2)c(C)c1. The number of halogens is 1. The summed E-state index contributed by atoms with van der Waals surface area (Å²) in [5.41, 5.74) is 4.82. The zero-order valence-corrected chi connectivity index (χ0v) is 18.6. The molecule has 0 aliphatic carbocycles. The van der Waals surface area contributed by atoms with E-state index in [4.69, 9.17) is 4.74 Å². The highest BCUT2D eigenvalue weighted by Gasteiger charge is 2.20. The maximum atomic E-state index is 12.7. The van der Waals surface area contributed by atoms with Crippen LogP contribution in [0.25, 0.3) is 0 Å². The van der Waals surface area contributed by atoms with E-state index >= 15 is 0 Å². The van der Waals surface area contributed by atoms with Gasteiger partial charge >= 0.3 is 0 Å². The van der Waals surface area contributed by atoms with E-state index in [1.807, 2.05) is 43.5 Å². The molecule has 154 valence electrons. The normalized spacial score (nSPS) is 13.0.